The maximum atomic E-state index is 4.44. The third-order valence-electron chi connectivity index (χ3n) is 2.86. The van der Waals surface area contributed by atoms with Crippen molar-refractivity contribution < 1.29 is 0 Å². The lowest BCUT2D eigenvalue weighted by atomic mass is 10.2. The summed E-state index contributed by atoms with van der Waals surface area (Å²) in [6, 6.07) is 12.4. The van der Waals surface area contributed by atoms with Crippen molar-refractivity contribution in [1.82, 2.24) is 9.38 Å². The van der Waals surface area contributed by atoms with Crippen molar-refractivity contribution in [2.24, 2.45) is 0 Å². The number of pyridine rings is 1. The van der Waals surface area contributed by atoms with Crippen molar-refractivity contribution in [2.45, 2.75) is 6.92 Å². The Morgan fingerprint density at radius 2 is 1.94 bits per heavy atom. The lowest BCUT2D eigenvalue weighted by Crippen LogP contribution is -1.90. The zero-order valence-electron chi connectivity index (χ0n) is 9.39. The molecule has 0 N–H and O–H groups in total. The van der Waals surface area contributed by atoms with E-state index in [2.05, 4.69) is 56.6 Å². The van der Waals surface area contributed by atoms with Crippen LogP contribution in [-0.4, -0.2) is 9.38 Å². The van der Waals surface area contributed by atoms with Crippen molar-refractivity contribution in [3.63, 3.8) is 0 Å². The molecule has 0 atom stereocenters. The van der Waals surface area contributed by atoms with E-state index in [4.69, 9.17) is 0 Å². The van der Waals surface area contributed by atoms with Gasteiger partial charge in [-0.3, -0.25) is 4.40 Å². The first-order valence-corrected chi connectivity index (χ1v) is 6.23. The lowest BCUT2D eigenvalue weighted by molar-refractivity contribution is 1.16. The molecule has 2 aromatic heterocycles. The summed E-state index contributed by atoms with van der Waals surface area (Å²) < 4.78 is 3.20. The first-order valence-electron chi connectivity index (χ1n) is 5.44. The molecule has 0 unspecified atom stereocenters. The summed E-state index contributed by atoms with van der Waals surface area (Å²) in [5.74, 6) is 0. The Morgan fingerprint density at radius 1 is 1.18 bits per heavy atom. The van der Waals surface area contributed by atoms with Crippen LogP contribution in [0.5, 0.6) is 0 Å². The summed E-state index contributed by atoms with van der Waals surface area (Å²) in [6.07, 6.45) is 3.98. The van der Waals surface area contributed by atoms with Crippen LogP contribution < -0.4 is 0 Å². The molecule has 1 aromatic carbocycles. The van der Waals surface area contributed by atoms with Crippen molar-refractivity contribution in [2.75, 3.05) is 0 Å². The van der Waals surface area contributed by atoms with Gasteiger partial charge in [0.2, 0.25) is 0 Å². The van der Waals surface area contributed by atoms with Crippen LogP contribution in [0.15, 0.2) is 53.3 Å². The Labute approximate surface area is 108 Å². The van der Waals surface area contributed by atoms with E-state index in [0.717, 1.165) is 15.8 Å². The second-order valence-electron chi connectivity index (χ2n) is 4.04. The number of hydrogen-bond acceptors (Lipinski definition) is 1. The maximum Gasteiger partial charge on any atom is 0.137 e. The number of aromatic nitrogens is 2. The number of aryl methyl sites for hydroxylation is 1. The van der Waals surface area contributed by atoms with Crippen LogP contribution in [0.4, 0.5) is 0 Å². The first kappa shape index (κ1) is 10.5. The second kappa shape index (κ2) is 4.00. The minimum absolute atomic E-state index is 0.976. The highest BCUT2D eigenvalue weighted by molar-refractivity contribution is 9.10. The molecule has 84 valence electrons. The molecular formula is C14H11BrN2. The number of fused-ring (bicyclic) bond motifs is 1. The van der Waals surface area contributed by atoms with Gasteiger partial charge in [-0.15, -0.1) is 0 Å². The minimum Gasteiger partial charge on any atom is -0.299 e. The highest BCUT2D eigenvalue weighted by Gasteiger charge is 2.06. The van der Waals surface area contributed by atoms with Crippen LogP contribution in [0.2, 0.25) is 0 Å². The van der Waals surface area contributed by atoms with E-state index >= 15 is 0 Å². The van der Waals surface area contributed by atoms with Gasteiger partial charge >= 0.3 is 0 Å². The molecule has 0 fully saturated rings. The summed E-state index contributed by atoms with van der Waals surface area (Å²) in [6.45, 7) is 2.07. The molecule has 3 heteroatoms. The van der Waals surface area contributed by atoms with E-state index in [-0.39, 0.29) is 0 Å². The molecule has 0 bridgehead atoms. The molecular weight excluding hydrogens is 276 g/mol. The predicted octanol–water partition coefficient (Wildman–Crippen LogP) is 4.07. The Bertz CT molecular complexity index is 671. The van der Waals surface area contributed by atoms with Crippen LogP contribution in [0.1, 0.15) is 5.56 Å². The number of nitrogens with zero attached hydrogens (tertiary/aromatic N) is 2. The van der Waals surface area contributed by atoms with Gasteiger partial charge in [0, 0.05) is 16.2 Å². The number of halogens is 1. The van der Waals surface area contributed by atoms with Crippen molar-refractivity contribution in [3.8, 4) is 11.3 Å². The first-order chi connectivity index (χ1) is 8.25. The van der Waals surface area contributed by atoms with Gasteiger partial charge in [-0.25, -0.2) is 4.98 Å². The van der Waals surface area contributed by atoms with Crippen LogP contribution in [-0.2, 0) is 0 Å². The topological polar surface area (TPSA) is 17.3 Å². The largest absolute Gasteiger partial charge is 0.299 e. The summed E-state index contributed by atoms with van der Waals surface area (Å²) in [4.78, 5) is 4.44. The van der Waals surface area contributed by atoms with E-state index in [0.29, 0.717) is 0 Å². The number of hydrogen-bond donors (Lipinski definition) is 0. The zero-order chi connectivity index (χ0) is 11.8. The van der Waals surface area contributed by atoms with Crippen LogP contribution >= 0.6 is 15.9 Å². The molecule has 3 rings (SSSR count). The fraction of sp³-hybridized carbons (Fsp3) is 0.0714. The van der Waals surface area contributed by atoms with E-state index in [1.54, 1.807) is 0 Å². The second-order valence-corrected chi connectivity index (χ2v) is 4.90. The standard InChI is InChI=1S/C14H11BrN2/c1-10-7-14-16-8-13(17(14)9-12(10)15)11-5-3-2-4-6-11/h2-9H,1H3. The summed E-state index contributed by atoms with van der Waals surface area (Å²) >= 11 is 3.56. The molecule has 0 spiro atoms. The van der Waals surface area contributed by atoms with Gasteiger partial charge in [0.15, 0.2) is 0 Å². The Balaban J connectivity index is 2.29. The molecule has 0 saturated carbocycles. The quantitative estimate of drug-likeness (QED) is 0.659. The number of imidazole rings is 1. The maximum absolute atomic E-state index is 4.44. The summed E-state index contributed by atoms with van der Waals surface area (Å²) in [7, 11) is 0. The van der Waals surface area contributed by atoms with Gasteiger partial charge in [0.1, 0.15) is 5.65 Å². The van der Waals surface area contributed by atoms with Gasteiger partial charge in [-0.05, 0) is 34.5 Å². The fourth-order valence-corrected chi connectivity index (χ4v) is 2.24. The van der Waals surface area contributed by atoms with Crippen molar-refractivity contribution >= 4 is 21.6 Å². The lowest BCUT2D eigenvalue weighted by Gasteiger charge is -2.04. The molecule has 17 heavy (non-hydrogen) atoms. The van der Waals surface area contributed by atoms with Crippen molar-refractivity contribution in [3.05, 3.63) is 58.8 Å². The van der Waals surface area contributed by atoms with E-state index in [1.807, 2.05) is 24.4 Å². The summed E-state index contributed by atoms with van der Waals surface area (Å²) in [5, 5.41) is 0. The minimum atomic E-state index is 0.976. The molecule has 0 aliphatic heterocycles. The third-order valence-corrected chi connectivity index (χ3v) is 3.69. The predicted molar refractivity (Wildman–Crippen MR) is 73.1 cm³/mol. The SMILES string of the molecule is Cc1cc2ncc(-c3ccccc3)n2cc1Br. The zero-order valence-corrected chi connectivity index (χ0v) is 11.0. The average Bonchev–Trinajstić information content (AvgIpc) is 2.74. The van der Waals surface area contributed by atoms with E-state index < -0.39 is 0 Å². The highest BCUT2D eigenvalue weighted by Crippen LogP contribution is 2.24. The fourth-order valence-electron chi connectivity index (χ4n) is 1.92. The van der Waals surface area contributed by atoms with Crippen LogP contribution in [0.25, 0.3) is 16.9 Å². The van der Waals surface area contributed by atoms with Gasteiger partial charge in [0.25, 0.3) is 0 Å². The molecule has 0 radical (unpaired) electrons. The third kappa shape index (κ3) is 1.76. The Kier molecular flexibility index (Phi) is 2.48. The van der Waals surface area contributed by atoms with E-state index in [9.17, 15) is 0 Å². The molecule has 2 heterocycles. The monoisotopic (exact) mass is 286 g/mol. The van der Waals surface area contributed by atoms with Crippen molar-refractivity contribution in [1.29, 1.82) is 0 Å². The van der Waals surface area contributed by atoms with Crippen LogP contribution in [0, 0.1) is 6.92 Å². The normalized spacial score (nSPS) is 10.9. The van der Waals surface area contributed by atoms with Gasteiger partial charge in [-0.1, -0.05) is 30.3 Å². The molecule has 0 aliphatic carbocycles. The smallest absolute Gasteiger partial charge is 0.137 e. The average molecular weight is 287 g/mol. The Morgan fingerprint density at radius 3 is 2.71 bits per heavy atom. The van der Waals surface area contributed by atoms with E-state index in [1.165, 1.54) is 11.1 Å². The van der Waals surface area contributed by atoms with Crippen LogP contribution in [0.3, 0.4) is 0 Å². The molecule has 0 saturated heterocycles. The Hall–Kier alpha value is -1.61. The molecule has 0 amide bonds. The highest BCUT2D eigenvalue weighted by atomic mass is 79.9. The van der Waals surface area contributed by atoms with Gasteiger partial charge in [0.05, 0.1) is 11.9 Å². The van der Waals surface area contributed by atoms with Gasteiger partial charge < -0.3 is 0 Å². The molecule has 3 aromatic rings. The summed E-state index contributed by atoms with van der Waals surface area (Å²) in [5.41, 5.74) is 4.46. The van der Waals surface area contributed by atoms with Gasteiger partial charge in [-0.2, -0.15) is 0 Å². The molecule has 2 nitrogen and oxygen atoms in total. The number of rotatable bonds is 1. The number of benzene rings is 1. The molecule has 0 aliphatic rings.